The molecule has 2 aromatic rings. The molecule has 4 N–H and O–H groups in total. The smallest absolute Gasteiger partial charge is 0.321 e. The molecule has 9 heteroatoms. The molecule has 0 heterocycles. The van der Waals surface area contributed by atoms with Gasteiger partial charge in [-0.2, -0.15) is 0 Å². The van der Waals surface area contributed by atoms with E-state index in [-0.39, 0.29) is 37.5 Å². The van der Waals surface area contributed by atoms with E-state index in [1.54, 1.807) is 13.8 Å². The molecule has 5 amide bonds. The van der Waals surface area contributed by atoms with E-state index in [4.69, 9.17) is 0 Å². The molecule has 188 valence electrons. The van der Waals surface area contributed by atoms with Crippen molar-refractivity contribution in [1.29, 1.82) is 0 Å². The zero-order valence-electron chi connectivity index (χ0n) is 21.2. The van der Waals surface area contributed by atoms with Crippen LogP contribution in [-0.4, -0.2) is 54.3 Å². The van der Waals surface area contributed by atoms with Gasteiger partial charge in [-0.15, -0.1) is 0 Å². The Kier molecular flexibility index (Phi) is 9.96. The first-order chi connectivity index (χ1) is 16.5. The molecule has 0 saturated heterocycles. The fraction of sp³-hybridized carbons (Fsp3) is 0.385. The summed E-state index contributed by atoms with van der Waals surface area (Å²) in [4.78, 5) is 51.4. The van der Waals surface area contributed by atoms with Crippen LogP contribution in [0.4, 0.5) is 16.2 Å². The Labute approximate surface area is 206 Å². The number of anilines is 2. The van der Waals surface area contributed by atoms with Crippen LogP contribution in [0.25, 0.3) is 0 Å². The number of para-hydroxylation sites is 2. The van der Waals surface area contributed by atoms with Crippen molar-refractivity contribution in [2.24, 2.45) is 0 Å². The van der Waals surface area contributed by atoms with Gasteiger partial charge in [0.2, 0.25) is 17.7 Å². The summed E-state index contributed by atoms with van der Waals surface area (Å²) in [5, 5.41) is 10.5. The van der Waals surface area contributed by atoms with Crippen LogP contribution in [-0.2, 0) is 14.4 Å². The number of rotatable bonds is 9. The maximum absolute atomic E-state index is 12.8. The second-order valence-corrected chi connectivity index (χ2v) is 8.95. The van der Waals surface area contributed by atoms with E-state index in [9.17, 15) is 19.2 Å². The molecule has 0 saturated carbocycles. The fourth-order valence-electron chi connectivity index (χ4n) is 3.62. The predicted molar refractivity (Wildman–Crippen MR) is 137 cm³/mol. The minimum atomic E-state index is -0.634. The average molecular weight is 482 g/mol. The van der Waals surface area contributed by atoms with Crippen molar-refractivity contribution in [3.8, 4) is 0 Å². The Bertz CT molecular complexity index is 989. The Hall–Kier alpha value is -3.72. The number of urea groups is 1. The van der Waals surface area contributed by atoms with Crippen LogP contribution in [0.5, 0.6) is 0 Å². The topological polar surface area (TPSA) is 120 Å². The summed E-state index contributed by atoms with van der Waals surface area (Å²) in [6, 6.07) is 10.6. The highest BCUT2D eigenvalue weighted by Gasteiger charge is 2.21. The Morgan fingerprint density at radius 1 is 0.686 bits per heavy atom. The number of hydrogen-bond donors (Lipinski definition) is 4. The quantitative estimate of drug-likeness (QED) is 0.439. The van der Waals surface area contributed by atoms with Crippen molar-refractivity contribution in [3.63, 3.8) is 0 Å². The normalized spacial score (nSPS) is 10.7. The third kappa shape index (κ3) is 8.86. The number of nitrogens with one attached hydrogen (secondary N) is 4. The van der Waals surface area contributed by atoms with Crippen molar-refractivity contribution in [3.05, 3.63) is 58.7 Å². The molecule has 2 rings (SSSR count). The first kappa shape index (κ1) is 27.5. The summed E-state index contributed by atoms with van der Waals surface area (Å²) < 4.78 is 0. The summed E-state index contributed by atoms with van der Waals surface area (Å²) in [5.74, 6) is -1.37. The van der Waals surface area contributed by atoms with Crippen LogP contribution in [0.2, 0.25) is 0 Å². The highest BCUT2D eigenvalue weighted by Crippen LogP contribution is 2.20. The standard InChI is InChI=1S/C26H35N5O4/c1-16(2)27-26(35)30-23(34)15-31(13-21(32)28-24-17(3)9-7-10-18(24)4)14-22(33)29-25-19(5)11-8-12-20(25)6/h7-12,16H,13-15H2,1-6H3,(H,28,32)(H,29,33)(H2,27,30,34,35). The van der Waals surface area contributed by atoms with Gasteiger partial charge < -0.3 is 16.0 Å². The summed E-state index contributed by atoms with van der Waals surface area (Å²) in [5.41, 5.74) is 5.00. The third-order valence-corrected chi connectivity index (χ3v) is 5.27. The van der Waals surface area contributed by atoms with Gasteiger partial charge in [0.1, 0.15) is 0 Å². The van der Waals surface area contributed by atoms with E-state index < -0.39 is 11.9 Å². The average Bonchev–Trinajstić information content (AvgIpc) is 2.72. The van der Waals surface area contributed by atoms with Crippen LogP contribution < -0.4 is 21.3 Å². The molecule has 0 bridgehead atoms. The molecular weight excluding hydrogens is 446 g/mol. The Morgan fingerprint density at radius 3 is 1.43 bits per heavy atom. The van der Waals surface area contributed by atoms with Gasteiger partial charge in [-0.3, -0.25) is 24.6 Å². The zero-order valence-corrected chi connectivity index (χ0v) is 21.2. The molecule has 0 unspecified atom stereocenters. The fourth-order valence-corrected chi connectivity index (χ4v) is 3.62. The van der Waals surface area contributed by atoms with Crippen molar-refractivity contribution in [1.82, 2.24) is 15.5 Å². The largest absolute Gasteiger partial charge is 0.336 e. The lowest BCUT2D eigenvalue weighted by atomic mass is 10.1. The Morgan fingerprint density at radius 2 is 1.06 bits per heavy atom. The molecule has 35 heavy (non-hydrogen) atoms. The summed E-state index contributed by atoms with van der Waals surface area (Å²) in [6.07, 6.45) is 0. The molecule has 0 spiro atoms. The number of nitrogens with zero attached hydrogens (tertiary/aromatic N) is 1. The van der Waals surface area contributed by atoms with Gasteiger partial charge in [-0.25, -0.2) is 4.79 Å². The molecule has 0 fully saturated rings. The van der Waals surface area contributed by atoms with Crippen LogP contribution in [0, 0.1) is 27.7 Å². The predicted octanol–water partition coefficient (Wildman–Crippen LogP) is 3.03. The SMILES string of the molecule is Cc1cccc(C)c1NC(=O)CN(CC(=O)NC(=O)NC(C)C)CC(=O)Nc1c(C)cccc1C. The minimum Gasteiger partial charge on any atom is -0.336 e. The second-order valence-electron chi connectivity index (χ2n) is 8.95. The zero-order chi connectivity index (χ0) is 26.1. The molecule has 0 aliphatic heterocycles. The highest BCUT2D eigenvalue weighted by atomic mass is 16.2. The van der Waals surface area contributed by atoms with E-state index in [0.717, 1.165) is 22.3 Å². The van der Waals surface area contributed by atoms with E-state index in [1.807, 2.05) is 64.1 Å². The minimum absolute atomic E-state index is 0.148. The van der Waals surface area contributed by atoms with E-state index in [0.29, 0.717) is 11.4 Å². The third-order valence-electron chi connectivity index (χ3n) is 5.27. The maximum Gasteiger partial charge on any atom is 0.321 e. The van der Waals surface area contributed by atoms with E-state index in [1.165, 1.54) is 4.90 Å². The first-order valence-electron chi connectivity index (χ1n) is 11.5. The number of aryl methyl sites for hydroxylation is 4. The summed E-state index contributed by atoms with van der Waals surface area (Å²) in [6.45, 7) is 10.3. The van der Waals surface area contributed by atoms with Gasteiger partial charge in [0.15, 0.2) is 0 Å². The lowest BCUT2D eigenvalue weighted by molar-refractivity contribution is -0.124. The molecule has 0 atom stereocenters. The van der Waals surface area contributed by atoms with Crippen LogP contribution >= 0.6 is 0 Å². The van der Waals surface area contributed by atoms with Crippen LogP contribution in [0.15, 0.2) is 36.4 Å². The van der Waals surface area contributed by atoms with Crippen LogP contribution in [0.3, 0.4) is 0 Å². The van der Waals surface area contributed by atoms with E-state index in [2.05, 4.69) is 21.3 Å². The van der Waals surface area contributed by atoms with E-state index >= 15 is 0 Å². The highest BCUT2D eigenvalue weighted by molar-refractivity contribution is 5.98. The van der Waals surface area contributed by atoms with Crippen molar-refractivity contribution >= 4 is 35.1 Å². The number of carbonyl (C=O) groups excluding carboxylic acids is 4. The van der Waals surface area contributed by atoms with Gasteiger partial charge in [0.25, 0.3) is 0 Å². The number of benzene rings is 2. The number of carbonyl (C=O) groups is 4. The first-order valence-corrected chi connectivity index (χ1v) is 11.5. The molecule has 0 radical (unpaired) electrons. The number of hydrogen-bond acceptors (Lipinski definition) is 5. The summed E-state index contributed by atoms with van der Waals surface area (Å²) in [7, 11) is 0. The van der Waals surface area contributed by atoms with Gasteiger partial charge in [0.05, 0.1) is 19.6 Å². The molecule has 0 aliphatic carbocycles. The molecule has 9 nitrogen and oxygen atoms in total. The lowest BCUT2D eigenvalue weighted by Crippen LogP contribution is -2.48. The molecular formula is C26H35N5O4. The molecule has 0 aliphatic rings. The maximum atomic E-state index is 12.8. The summed E-state index contributed by atoms with van der Waals surface area (Å²) >= 11 is 0. The monoisotopic (exact) mass is 481 g/mol. The molecule has 0 aromatic heterocycles. The lowest BCUT2D eigenvalue weighted by Gasteiger charge is -2.22. The molecule has 2 aromatic carbocycles. The van der Waals surface area contributed by atoms with Crippen molar-refractivity contribution in [2.75, 3.05) is 30.3 Å². The van der Waals surface area contributed by atoms with Crippen LogP contribution in [0.1, 0.15) is 36.1 Å². The van der Waals surface area contributed by atoms with Gasteiger partial charge in [-0.05, 0) is 63.8 Å². The van der Waals surface area contributed by atoms with Gasteiger partial charge in [-0.1, -0.05) is 36.4 Å². The van der Waals surface area contributed by atoms with Gasteiger partial charge in [0, 0.05) is 17.4 Å². The van der Waals surface area contributed by atoms with Crippen molar-refractivity contribution in [2.45, 2.75) is 47.6 Å². The second kappa shape index (κ2) is 12.7. The number of imide groups is 1. The van der Waals surface area contributed by atoms with Crippen molar-refractivity contribution < 1.29 is 19.2 Å². The number of amides is 5. The Balaban J connectivity index is 2.13. The van der Waals surface area contributed by atoms with Gasteiger partial charge >= 0.3 is 6.03 Å².